The average Bonchev–Trinajstić information content (AvgIpc) is 2.40. The Balaban J connectivity index is 1.81. The topological polar surface area (TPSA) is 37.4 Å². The number of piperidine rings is 1. The Labute approximate surface area is 122 Å². The summed E-state index contributed by atoms with van der Waals surface area (Å²) < 4.78 is 5.75. The lowest BCUT2D eigenvalue weighted by atomic mass is 9.98. The predicted octanol–water partition coefficient (Wildman–Crippen LogP) is 2.30. The van der Waals surface area contributed by atoms with Crippen LogP contribution in [0.4, 0.5) is 0 Å². The lowest BCUT2D eigenvalue weighted by Crippen LogP contribution is -2.37. The van der Waals surface area contributed by atoms with Gasteiger partial charge in [-0.2, -0.15) is 0 Å². The molecule has 1 N–H and O–H groups in total. The van der Waals surface area contributed by atoms with Gasteiger partial charge in [-0.15, -0.1) is 0 Å². The minimum atomic E-state index is 0.163. The number of aromatic nitrogens is 1. The third kappa shape index (κ3) is 4.76. The van der Waals surface area contributed by atoms with Gasteiger partial charge in [0.15, 0.2) is 0 Å². The molecule has 0 radical (unpaired) electrons. The van der Waals surface area contributed by atoms with Crippen molar-refractivity contribution >= 4 is 0 Å². The van der Waals surface area contributed by atoms with Gasteiger partial charge < -0.3 is 15.0 Å². The summed E-state index contributed by atoms with van der Waals surface area (Å²) in [6, 6.07) is 4.06. The zero-order valence-corrected chi connectivity index (χ0v) is 12.9. The van der Waals surface area contributed by atoms with Crippen LogP contribution >= 0.6 is 0 Å². The molecule has 0 saturated carbocycles. The van der Waals surface area contributed by atoms with E-state index in [1.165, 1.54) is 25.9 Å². The van der Waals surface area contributed by atoms with Gasteiger partial charge in [0.05, 0.1) is 6.10 Å². The van der Waals surface area contributed by atoms with Crippen molar-refractivity contribution < 1.29 is 4.74 Å². The standard InChI is InChI=1S/C16H27N3O/c1-13(2)20-16-15(7-4-8-18-16)11-17-10-14-6-5-9-19(3)12-14/h4,7-8,13-14,17H,5-6,9-12H2,1-3H3. The lowest BCUT2D eigenvalue weighted by Gasteiger charge is -2.29. The van der Waals surface area contributed by atoms with Crippen LogP contribution in [0.2, 0.25) is 0 Å². The molecule has 20 heavy (non-hydrogen) atoms. The lowest BCUT2D eigenvalue weighted by molar-refractivity contribution is 0.205. The maximum Gasteiger partial charge on any atom is 0.218 e. The highest BCUT2D eigenvalue weighted by atomic mass is 16.5. The van der Waals surface area contributed by atoms with Crippen LogP contribution in [0.15, 0.2) is 18.3 Å². The Bertz CT molecular complexity index is 408. The summed E-state index contributed by atoms with van der Waals surface area (Å²) in [4.78, 5) is 6.75. The van der Waals surface area contributed by atoms with Gasteiger partial charge >= 0.3 is 0 Å². The highest BCUT2D eigenvalue weighted by Crippen LogP contribution is 2.17. The van der Waals surface area contributed by atoms with Crippen molar-refractivity contribution in [1.29, 1.82) is 0 Å². The Morgan fingerprint density at radius 2 is 2.35 bits per heavy atom. The van der Waals surface area contributed by atoms with E-state index in [2.05, 4.69) is 28.3 Å². The zero-order valence-electron chi connectivity index (χ0n) is 12.9. The molecule has 2 rings (SSSR count). The number of pyridine rings is 1. The van der Waals surface area contributed by atoms with Crippen LogP contribution in [-0.2, 0) is 6.54 Å². The molecule has 1 aromatic rings. The van der Waals surface area contributed by atoms with Gasteiger partial charge in [0.2, 0.25) is 5.88 Å². The predicted molar refractivity (Wildman–Crippen MR) is 81.9 cm³/mol. The van der Waals surface area contributed by atoms with Gasteiger partial charge in [0.25, 0.3) is 0 Å². The van der Waals surface area contributed by atoms with Crippen LogP contribution in [0.5, 0.6) is 5.88 Å². The number of rotatable bonds is 6. The third-order valence-electron chi connectivity index (χ3n) is 3.67. The summed E-state index contributed by atoms with van der Waals surface area (Å²) in [6.45, 7) is 8.41. The summed E-state index contributed by atoms with van der Waals surface area (Å²) >= 11 is 0. The molecule has 4 nitrogen and oxygen atoms in total. The van der Waals surface area contributed by atoms with Crippen LogP contribution in [0, 0.1) is 5.92 Å². The molecule has 1 fully saturated rings. The Morgan fingerprint density at radius 1 is 1.50 bits per heavy atom. The van der Waals surface area contributed by atoms with Crippen molar-refractivity contribution in [2.45, 2.75) is 39.3 Å². The molecule has 0 amide bonds. The largest absolute Gasteiger partial charge is 0.475 e. The van der Waals surface area contributed by atoms with E-state index < -0.39 is 0 Å². The molecule has 1 saturated heterocycles. The fourth-order valence-corrected chi connectivity index (χ4v) is 2.74. The number of likely N-dealkylation sites (tertiary alicyclic amines) is 1. The summed E-state index contributed by atoms with van der Waals surface area (Å²) in [6.07, 6.45) is 4.60. The Morgan fingerprint density at radius 3 is 3.10 bits per heavy atom. The van der Waals surface area contributed by atoms with Crippen LogP contribution in [0.25, 0.3) is 0 Å². The van der Waals surface area contributed by atoms with Gasteiger partial charge in [-0.05, 0) is 58.8 Å². The minimum absolute atomic E-state index is 0.163. The fraction of sp³-hybridized carbons (Fsp3) is 0.688. The number of hydrogen-bond donors (Lipinski definition) is 1. The molecule has 0 spiro atoms. The van der Waals surface area contributed by atoms with Gasteiger partial charge in [-0.3, -0.25) is 0 Å². The quantitative estimate of drug-likeness (QED) is 0.866. The Hall–Kier alpha value is -1.13. The maximum absolute atomic E-state index is 5.75. The normalized spacial score (nSPS) is 20.3. The fourth-order valence-electron chi connectivity index (χ4n) is 2.74. The number of ether oxygens (including phenoxy) is 1. The third-order valence-corrected chi connectivity index (χ3v) is 3.67. The molecule has 0 aromatic carbocycles. The summed E-state index contributed by atoms with van der Waals surface area (Å²) in [5, 5.41) is 3.56. The van der Waals surface area contributed by atoms with Crippen molar-refractivity contribution in [1.82, 2.24) is 15.2 Å². The molecule has 1 aromatic heterocycles. The van der Waals surface area contributed by atoms with Crippen molar-refractivity contribution in [2.24, 2.45) is 5.92 Å². The van der Waals surface area contributed by atoms with Gasteiger partial charge in [0.1, 0.15) is 0 Å². The van der Waals surface area contributed by atoms with Crippen LogP contribution in [0.3, 0.4) is 0 Å². The van der Waals surface area contributed by atoms with Gasteiger partial charge in [-0.1, -0.05) is 6.07 Å². The van der Waals surface area contributed by atoms with Crippen molar-refractivity contribution in [3.63, 3.8) is 0 Å². The van der Waals surface area contributed by atoms with Crippen LogP contribution in [0.1, 0.15) is 32.3 Å². The van der Waals surface area contributed by atoms with Gasteiger partial charge in [-0.25, -0.2) is 4.98 Å². The van der Waals surface area contributed by atoms with Crippen LogP contribution in [-0.4, -0.2) is 42.7 Å². The molecule has 1 unspecified atom stereocenters. The van der Waals surface area contributed by atoms with E-state index in [1.807, 2.05) is 19.9 Å². The van der Waals surface area contributed by atoms with E-state index in [9.17, 15) is 0 Å². The second-order valence-corrected chi connectivity index (χ2v) is 6.04. The average molecular weight is 277 g/mol. The Kier molecular flexibility index (Phi) is 5.80. The molecule has 2 heterocycles. The van der Waals surface area contributed by atoms with E-state index in [4.69, 9.17) is 4.74 Å². The summed E-state index contributed by atoms with van der Waals surface area (Å²) in [7, 11) is 2.21. The smallest absolute Gasteiger partial charge is 0.218 e. The molecular weight excluding hydrogens is 250 g/mol. The highest BCUT2D eigenvalue weighted by Gasteiger charge is 2.16. The second-order valence-electron chi connectivity index (χ2n) is 6.04. The molecule has 1 aliphatic rings. The van der Waals surface area contributed by atoms with Crippen molar-refractivity contribution in [2.75, 3.05) is 26.7 Å². The molecule has 0 bridgehead atoms. The van der Waals surface area contributed by atoms with Crippen molar-refractivity contribution in [3.05, 3.63) is 23.9 Å². The number of nitrogens with zero attached hydrogens (tertiary/aromatic N) is 2. The highest BCUT2D eigenvalue weighted by molar-refractivity contribution is 5.25. The first-order chi connectivity index (χ1) is 9.65. The molecule has 1 aliphatic heterocycles. The summed E-state index contributed by atoms with van der Waals surface area (Å²) in [5.74, 6) is 1.52. The molecule has 112 valence electrons. The van der Waals surface area contributed by atoms with Gasteiger partial charge in [0, 0.05) is 24.8 Å². The SMILES string of the molecule is CC(C)Oc1ncccc1CNCC1CCCN(C)C1. The summed E-state index contributed by atoms with van der Waals surface area (Å²) in [5.41, 5.74) is 1.14. The van der Waals surface area contributed by atoms with Crippen molar-refractivity contribution in [3.8, 4) is 5.88 Å². The molecular formula is C16H27N3O. The van der Waals surface area contributed by atoms with E-state index in [0.29, 0.717) is 0 Å². The van der Waals surface area contributed by atoms with E-state index in [0.717, 1.165) is 30.5 Å². The minimum Gasteiger partial charge on any atom is -0.475 e. The maximum atomic E-state index is 5.75. The monoisotopic (exact) mass is 277 g/mol. The zero-order chi connectivity index (χ0) is 14.4. The first kappa shape index (κ1) is 15.3. The van der Waals surface area contributed by atoms with Crippen LogP contribution < -0.4 is 10.1 Å². The van der Waals surface area contributed by atoms with E-state index >= 15 is 0 Å². The number of nitrogens with one attached hydrogen (secondary N) is 1. The van der Waals surface area contributed by atoms with E-state index in [1.54, 1.807) is 6.20 Å². The number of hydrogen-bond acceptors (Lipinski definition) is 4. The first-order valence-corrected chi connectivity index (χ1v) is 7.65. The molecule has 0 aliphatic carbocycles. The molecule has 4 heteroatoms. The second kappa shape index (κ2) is 7.60. The van der Waals surface area contributed by atoms with E-state index in [-0.39, 0.29) is 6.10 Å². The first-order valence-electron chi connectivity index (χ1n) is 7.65. The molecule has 1 atom stereocenters.